The summed E-state index contributed by atoms with van der Waals surface area (Å²) in [5, 5.41) is 5.60. The van der Waals surface area contributed by atoms with Gasteiger partial charge in [0.1, 0.15) is 5.82 Å². The minimum absolute atomic E-state index is 0.155. The molecule has 2 rings (SSSR count). The van der Waals surface area contributed by atoms with Crippen LogP contribution in [0.5, 0.6) is 0 Å². The van der Waals surface area contributed by atoms with Gasteiger partial charge in [-0.1, -0.05) is 13.8 Å². The molecule has 22 heavy (non-hydrogen) atoms. The maximum atomic E-state index is 14.3. The molecular formula is C16H22FN3OS. The minimum atomic E-state index is -0.273. The van der Waals surface area contributed by atoms with Crippen molar-refractivity contribution >= 4 is 34.6 Å². The zero-order valence-corrected chi connectivity index (χ0v) is 13.8. The standard InChI is InChI=1S/C16H22FN3OS/c1-11(2)15(21)19-16(22)18-12-6-7-14(13(17)10-12)20-8-4-3-5-9-20/h6-7,10-11H,3-5,8-9H2,1-2H3,(H2,18,19,21,22). The van der Waals surface area contributed by atoms with Gasteiger partial charge >= 0.3 is 0 Å². The molecule has 1 heterocycles. The molecule has 1 fully saturated rings. The summed E-state index contributed by atoms with van der Waals surface area (Å²) in [5.74, 6) is -0.592. The fraction of sp³-hybridized carbons (Fsp3) is 0.500. The summed E-state index contributed by atoms with van der Waals surface area (Å²) in [6.45, 7) is 5.36. The van der Waals surface area contributed by atoms with E-state index in [-0.39, 0.29) is 22.8 Å². The first-order valence-electron chi connectivity index (χ1n) is 7.63. The molecule has 2 N–H and O–H groups in total. The lowest BCUT2D eigenvalue weighted by atomic mass is 10.1. The van der Waals surface area contributed by atoms with Crippen molar-refractivity contribution < 1.29 is 9.18 Å². The zero-order chi connectivity index (χ0) is 16.1. The zero-order valence-electron chi connectivity index (χ0n) is 13.0. The average molecular weight is 323 g/mol. The molecule has 0 radical (unpaired) electrons. The Morgan fingerprint density at radius 3 is 2.55 bits per heavy atom. The summed E-state index contributed by atoms with van der Waals surface area (Å²) >= 11 is 5.06. The number of hydrogen-bond donors (Lipinski definition) is 2. The topological polar surface area (TPSA) is 44.4 Å². The number of thiocarbonyl (C=S) groups is 1. The number of anilines is 2. The van der Waals surface area contributed by atoms with Gasteiger partial charge in [-0.3, -0.25) is 4.79 Å². The van der Waals surface area contributed by atoms with Crippen LogP contribution in [0.1, 0.15) is 33.1 Å². The number of amides is 1. The Hall–Kier alpha value is -1.69. The largest absolute Gasteiger partial charge is 0.369 e. The maximum absolute atomic E-state index is 14.3. The van der Waals surface area contributed by atoms with Crippen LogP contribution in [0.25, 0.3) is 0 Å². The van der Waals surface area contributed by atoms with Crippen molar-refractivity contribution in [1.29, 1.82) is 0 Å². The summed E-state index contributed by atoms with van der Waals surface area (Å²) in [5.41, 5.74) is 1.16. The summed E-state index contributed by atoms with van der Waals surface area (Å²) in [6.07, 6.45) is 3.41. The molecule has 1 aliphatic rings. The van der Waals surface area contributed by atoms with Gasteiger partial charge in [-0.25, -0.2) is 4.39 Å². The predicted octanol–water partition coefficient (Wildman–Crippen LogP) is 3.29. The molecule has 0 spiro atoms. The molecule has 0 saturated carbocycles. The molecule has 1 aromatic carbocycles. The van der Waals surface area contributed by atoms with E-state index in [1.807, 2.05) is 0 Å². The molecule has 1 saturated heterocycles. The highest BCUT2D eigenvalue weighted by Crippen LogP contribution is 2.25. The maximum Gasteiger partial charge on any atom is 0.228 e. The smallest absolute Gasteiger partial charge is 0.228 e. The van der Waals surface area contributed by atoms with Crippen LogP contribution in [0.15, 0.2) is 18.2 Å². The van der Waals surface area contributed by atoms with E-state index in [4.69, 9.17) is 12.2 Å². The molecule has 1 amide bonds. The average Bonchev–Trinajstić information content (AvgIpc) is 2.48. The summed E-state index contributed by atoms with van der Waals surface area (Å²) in [4.78, 5) is 13.6. The fourth-order valence-electron chi connectivity index (χ4n) is 2.39. The van der Waals surface area contributed by atoms with E-state index in [2.05, 4.69) is 15.5 Å². The lowest BCUT2D eigenvalue weighted by molar-refractivity contribution is -0.122. The van der Waals surface area contributed by atoms with Crippen LogP contribution in [-0.4, -0.2) is 24.1 Å². The van der Waals surface area contributed by atoms with Crippen molar-refractivity contribution in [1.82, 2.24) is 5.32 Å². The van der Waals surface area contributed by atoms with Crippen molar-refractivity contribution in [3.63, 3.8) is 0 Å². The second-order valence-electron chi connectivity index (χ2n) is 5.81. The van der Waals surface area contributed by atoms with Gasteiger partial charge in [-0.05, 0) is 49.7 Å². The number of halogens is 1. The van der Waals surface area contributed by atoms with E-state index >= 15 is 0 Å². The third-order valence-electron chi connectivity index (χ3n) is 3.66. The number of nitrogens with zero attached hydrogens (tertiary/aromatic N) is 1. The molecule has 0 aliphatic carbocycles. The van der Waals surface area contributed by atoms with Crippen LogP contribution < -0.4 is 15.5 Å². The Morgan fingerprint density at radius 2 is 1.95 bits per heavy atom. The SMILES string of the molecule is CC(C)C(=O)NC(=S)Nc1ccc(N2CCCCC2)c(F)c1. The van der Waals surface area contributed by atoms with E-state index in [0.717, 1.165) is 25.9 Å². The lowest BCUT2D eigenvalue weighted by Crippen LogP contribution is -2.36. The van der Waals surface area contributed by atoms with Crippen molar-refractivity contribution in [3.05, 3.63) is 24.0 Å². The van der Waals surface area contributed by atoms with Crippen LogP contribution in [0.4, 0.5) is 15.8 Å². The molecular weight excluding hydrogens is 301 g/mol. The lowest BCUT2D eigenvalue weighted by Gasteiger charge is -2.29. The highest BCUT2D eigenvalue weighted by Gasteiger charge is 2.15. The molecule has 0 unspecified atom stereocenters. The number of hydrogen-bond acceptors (Lipinski definition) is 3. The predicted molar refractivity (Wildman–Crippen MR) is 91.7 cm³/mol. The van der Waals surface area contributed by atoms with Crippen LogP contribution in [-0.2, 0) is 4.79 Å². The van der Waals surface area contributed by atoms with Crippen molar-refractivity contribution in [2.24, 2.45) is 5.92 Å². The number of rotatable bonds is 3. The Morgan fingerprint density at radius 1 is 1.27 bits per heavy atom. The number of carbonyl (C=O) groups excluding carboxylic acids is 1. The van der Waals surface area contributed by atoms with Gasteiger partial charge in [-0.2, -0.15) is 0 Å². The van der Waals surface area contributed by atoms with E-state index < -0.39 is 0 Å². The summed E-state index contributed by atoms with van der Waals surface area (Å²) < 4.78 is 14.3. The van der Waals surface area contributed by atoms with Crippen molar-refractivity contribution in [2.75, 3.05) is 23.3 Å². The number of benzene rings is 1. The highest BCUT2D eigenvalue weighted by atomic mass is 32.1. The quantitative estimate of drug-likeness (QED) is 0.838. The Bertz CT molecular complexity index is 556. The molecule has 120 valence electrons. The molecule has 1 aliphatic heterocycles. The Labute approximate surface area is 136 Å². The normalized spacial score (nSPS) is 14.8. The minimum Gasteiger partial charge on any atom is -0.369 e. The first kappa shape index (κ1) is 16.7. The molecule has 6 heteroatoms. The third kappa shape index (κ3) is 4.40. The highest BCUT2D eigenvalue weighted by molar-refractivity contribution is 7.80. The van der Waals surface area contributed by atoms with Crippen molar-refractivity contribution in [3.8, 4) is 0 Å². The van der Waals surface area contributed by atoms with Gasteiger partial charge in [0.25, 0.3) is 0 Å². The van der Waals surface area contributed by atoms with Crippen LogP contribution >= 0.6 is 12.2 Å². The second kappa shape index (κ2) is 7.54. The molecule has 1 aromatic rings. The van der Waals surface area contributed by atoms with E-state index in [1.165, 1.54) is 12.5 Å². The Kier molecular flexibility index (Phi) is 5.71. The number of nitrogens with one attached hydrogen (secondary N) is 2. The first-order valence-corrected chi connectivity index (χ1v) is 8.04. The molecule has 0 aromatic heterocycles. The number of piperidine rings is 1. The molecule has 0 atom stereocenters. The Balaban J connectivity index is 1.99. The van der Waals surface area contributed by atoms with Gasteiger partial charge < -0.3 is 15.5 Å². The summed E-state index contributed by atoms with van der Waals surface area (Å²) in [6, 6.07) is 4.95. The third-order valence-corrected chi connectivity index (χ3v) is 3.87. The van der Waals surface area contributed by atoms with Crippen LogP contribution in [0, 0.1) is 11.7 Å². The van der Waals surface area contributed by atoms with Gasteiger partial charge in [0.15, 0.2) is 5.11 Å². The second-order valence-corrected chi connectivity index (χ2v) is 6.22. The monoisotopic (exact) mass is 323 g/mol. The van der Waals surface area contributed by atoms with E-state index in [0.29, 0.717) is 11.4 Å². The van der Waals surface area contributed by atoms with Crippen LogP contribution in [0.3, 0.4) is 0 Å². The van der Waals surface area contributed by atoms with Crippen molar-refractivity contribution in [2.45, 2.75) is 33.1 Å². The van der Waals surface area contributed by atoms with E-state index in [1.54, 1.807) is 26.0 Å². The fourth-order valence-corrected chi connectivity index (χ4v) is 2.61. The van der Waals surface area contributed by atoms with Gasteiger partial charge in [0.05, 0.1) is 5.69 Å². The first-order chi connectivity index (χ1) is 10.5. The van der Waals surface area contributed by atoms with Gasteiger partial charge in [0.2, 0.25) is 5.91 Å². The summed E-state index contributed by atoms with van der Waals surface area (Å²) in [7, 11) is 0. The molecule has 4 nitrogen and oxygen atoms in total. The molecule has 0 bridgehead atoms. The van der Waals surface area contributed by atoms with E-state index in [9.17, 15) is 9.18 Å². The van der Waals surface area contributed by atoms with Gasteiger partial charge in [-0.15, -0.1) is 0 Å². The van der Waals surface area contributed by atoms with Gasteiger partial charge in [0, 0.05) is 24.7 Å². The van der Waals surface area contributed by atoms with Crippen LogP contribution in [0.2, 0.25) is 0 Å². The number of carbonyl (C=O) groups is 1.